The number of amides is 2. The maximum absolute atomic E-state index is 12.3. The summed E-state index contributed by atoms with van der Waals surface area (Å²) in [5.74, 6) is -0.156. The summed E-state index contributed by atoms with van der Waals surface area (Å²) >= 11 is 1.47. The highest BCUT2D eigenvalue weighted by atomic mass is 32.1. The minimum absolute atomic E-state index is 0.0217. The predicted octanol–water partition coefficient (Wildman–Crippen LogP) is 2.90. The highest BCUT2D eigenvalue weighted by Crippen LogP contribution is 2.25. The number of carbonyl (C=O) groups excluding carboxylic acids is 2. The zero-order valence-corrected chi connectivity index (χ0v) is 12.6. The quantitative estimate of drug-likeness (QED) is 0.896. The first-order chi connectivity index (χ1) is 10.0. The van der Waals surface area contributed by atoms with Crippen LogP contribution in [0.2, 0.25) is 0 Å². The first-order valence-corrected chi connectivity index (χ1v) is 7.53. The smallest absolute Gasteiger partial charge is 0.257 e. The molecule has 0 unspecified atom stereocenters. The number of aromatic nitrogens is 1. The number of thiazole rings is 1. The molecule has 0 atom stereocenters. The fourth-order valence-corrected chi connectivity index (χ4v) is 3.03. The van der Waals surface area contributed by atoms with Crippen molar-refractivity contribution in [3.05, 3.63) is 39.9 Å². The predicted molar refractivity (Wildman–Crippen MR) is 82.9 cm³/mol. The molecule has 0 fully saturated rings. The lowest BCUT2D eigenvalue weighted by atomic mass is 10.0. The molecular weight excluding hydrogens is 286 g/mol. The molecule has 3 rings (SSSR count). The van der Waals surface area contributed by atoms with Crippen LogP contribution in [0.1, 0.15) is 32.9 Å². The highest BCUT2D eigenvalue weighted by molar-refractivity contribution is 7.15. The zero-order valence-electron chi connectivity index (χ0n) is 11.8. The molecule has 2 amide bonds. The van der Waals surface area contributed by atoms with Gasteiger partial charge in [-0.2, -0.15) is 0 Å². The summed E-state index contributed by atoms with van der Waals surface area (Å²) in [4.78, 5) is 29.0. The topological polar surface area (TPSA) is 71.1 Å². The summed E-state index contributed by atoms with van der Waals surface area (Å²) in [5, 5.41) is 6.23. The molecule has 1 aliphatic rings. The van der Waals surface area contributed by atoms with Gasteiger partial charge in [-0.05, 0) is 44.0 Å². The van der Waals surface area contributed by atoms with Crippen LogP contribution in [-0.4, -0.2) is 16.8 Å². The van der Waals surface area contributed by atoms with Gasteiger partial charge in [0.15, 0.2) is 5.13 Å². The number of nitrogens with one attached hydrogen (secondary N) is 2. The van der Waals surface area contributed by atoms with Crippen LogP contribution >= 0.6 is 11.3 Å². The Balaban J connectivity index is 1.80. The summed E-state index contributed by atoms with van der Waals surface area (Å²) < 4.78 is 0. The van der Waals surface area contributed by atoms with Crippen molar-refractivity contribution in [2.75, 3.05) is 10.6 Å². The van der Waals surface area contributed by atoms with Gasteiger partial charge in [0, 0.05) is 22.5 Å². The van der Waals surface area contributed by atoms with Crippen LogP contribution < -0.4 is 10.6 Å². The van der Waals surface area contributed by atoms with E-state index in [1.54, 1.807) is 12.1 Å². The third-order valence-electron chi connectivity index (χ3n) is 3.51. The summed E-state index contributed by atoms with van der Waals surface area (Å²) in [6.07, 6.45) is 1.13. The van der Waals surface area contributed by atoms with Crippen LogP contribution in [0.4, 0.5) is 10.8 Å². The van der Waals surface area contributed by atoms with E-state index in [4.69, 9.17) is 0 Å². The molecule has 0 bridgehead atoms. The molecule has 1 aromatic carbocycles. The van der Waals surface area contributed by atoms with E-state index < -0.39 is 0 Å². The van der Waals surface area contributed by atoms with E-state index in [1.165, 1.54) is 11.3 Å². The molecule has 2 heterocycles. The molecule has 1 aliphatic heterocycles. The third-order valence-corrected chi connectivity index (χ3v) is 4.50. The second-order valence-corrected chi connectivity index (χ2v) is 6.24. The number of nitrogens with zero attached hydrogens (tertiary/aromatic N) is 1. The van der Waals surface area contributed by atoms with E-state index in [-0.39, 0.29) is 11.8 Å². The van der Waals surface area contributed by atoms with E-state index in [2.05, 4.69) is 15.6 Å². The molecule has 0 saturated heterocycles. The lowest BCUT2D eigenvalue weighted by Crippen LogP contribution is -2.20. The Morgan fingerprint density at radius 2 is 2.14 bits per heavy atom. The zero-order chi connectivity index (χ0) is 15.0. The normalized spacial score (nSPS) is 13.5. The lowest BCUT2D eigenvalue weighted by Gasteiger charge is -2.17. The largest absolute Gasteiger partial charge is 0.326 e. The van der Waals surface area contributed by atoms with Crippen molar-refractivity contribution in [1.29, 1.82) is 0 Å². The van der Waals surface area contributed by atoms with Crippen LogP contribution in [0.25, 0.3) is 0 Å². The maximum atomic E-state index is 12.3. The Kier molecular flexibility index (Phi) is 3.47. The van der Waals surface area contributed by atoms with E-state index in [1.807, 2.05) is 19.9 Å². The number of rotatable bonds is 2. The molecule has 6 heteroatoms. The van der Waals surface area contributed by atoms with Gasteiger partial charge in [-0.15, -0.1) is 11.3 Å². The van der Waals surface area contributed by atoms with E-state index >= 15 is 0 Å². The first kappa shape index (κ1) is 13.8. The Morgan fingerprint density at radius 3 is 2.86 bits per heavy atom. The van der Waals surface area contributed by atoms with Crippen molar-refractivity contribution in [2.45, 2.75) is 26.7 Å². The number of hydrogen-bond donors (Lipinski definition) is 2. The van der Waals surface area contributed by atoms with Gasteiger partial charge < -0.3 is 5.32 Å². The Morgan fingerprint density at radius 1 is 1.33 bits per heavy atom. The van der Waals surface area contributed by atoms with Crippen molar-refractivity contribution in [2.24, 2.45) is 0 Å². The van der Waals surface area contributed by atoms with E-state index in [9.17, 15) is 9.59 Å². The van der Waals surface area contributed by atoms with Crippen LogP contribution in [0, 0.1) is 13.8 Å². The van der Waals surface area contributed by atoms with Crippen LogP contribution in [0.5, 0.6) is 0 Å². The van der Waals surface area contributed by atoms with E-state index in [0.29, 0.717) is 23.5 Å². The van der Waals surface area contributed by atoms with Gasteiger partial charge >= 0.3 is 0 Å². The Bertz CT molecular complexity index is 717. The Hall–Kier alpha value is -2.21. The highest BCUT2D eigenvalue weighted by Gasteiger charge is 2.17. The Labute approximate surface area is 126 Å². The summed E-state index contributed by atoms with van der Waals surface area (Å²) in [7, 11) is 0. The molecule has 5 nitrogen and oxygen atoms in total. The minimum atomic E-state index is -0.177. The fraction of sp³-hybridized carbons (Fsp3) is 0.267. The van der Waals surface area contributed by atoms with Gasteiger partial charge in [0.25, 0.3) is 5.91 Å². The number of benzene rings is 1. The van der Waals surface area contributed by atoms with Gasteiger partial charge in [-0.25, -0.2) is 4.98 Å². The van der Waals surface area contributed by atoms with Gasteiger partial charge in [0.05, 0.1) is 5.69 Å². The number of anilines is 2. The van der Waals surface area contributed by atoms with Crippen LogP contribution in [-0.2, 0) is 11.2 Å². The molecule has 2 aromatic rings. The fourth-order valence-electron chi connectivity index (χ4n) is 2.22. The molecule has 0 aliphatic carbocycles. The number of aryl methyl sites for hydroxylation is 3. The second kappa shape index (κ2) is 5.29. The molecule has 2 N–H and O–H groups in total. The second-order valence-electron chi connectivity index (χ2n) is 5.03. The van der Waals surface area contributed by atoms with Gasteiger partial charge in [-0.3, -0.25) is 14.9 Å². The molecule has 0 spiro atoms. The molecule has 108 valence electrons. The van der Waals surface area contributed by atoms with Crippen LogP contribution in [0.15, 0.2) is 18.2 Å². The van der Waals surface area contributed by atoms with Crippen molar-refractivity contribution >= 4 is 34.0 Å². The van der Waals surface area contributed by atoms with Gasteiger partial charge in [0.1, 0.15) is 0 Å². The van der Waals surface area contributed by atoms with Crippen molar-refractivity contribution in [3.63, 3.8) is 0 Å². The van der Waals surface area contributed by atoms with Gasteiger partial charge in [-0.1, -0.05) is 0 Å². The monoisotopic (exact) mass is 301 g/mol. The van der Waals surface area contributed by atoms with E-state index in [0.717, 1.165) is 21.8 Å². The summed E-state index contributed by atoms with van der Waals surface area (Å²) in [6.45, 7) is 3.90. The third kappa shape index (κ3) is 2.80. The van der Waals surface area contributed by atoms with Gasteiger partial charge in [0.2, 0.25) is 5.91 Å². The average molecular weight is 301 g/mol. The average Bonchev–Trinajstić information content (AvgIpc) is 2.76. The summed E-state index contributed by atoms with van der Waals surface area (Å²) in [5.41, 5.74) is 3.30. The number of carbonyl (C=O) groups is 2. The molecular formula is C15H15N3O2S. The van der Waals surface area contributed by atoms with Crippen molar-refractivity contribution in [3.8, 4) is 0 Å². The summed E-state index contributed by atoms with van der Waals surface area (Å²) in [6, 6.07) is 5.32. The van der Waals surface area contributed by atoms with Crippen LogP contribution in [0.3, 0.4) is 0 Å². The molecule has 0 saturated carbocycles. The molecule has 21 heavy (non-hydrogen) atoms. The maximum Gasteiger partial charge on any atom is 0.257 e. The minimum Gasteiger partial charge on any atom is -0.326 e. The molecule has 0 radical (unpaired) electrons. The first-order valence-electron chi connectivity index (χ1n) is 6.71. The number of hydrogen-bond acceptors (Lipinski definition) is 4. The standard InChI is InChI=1S/C15H15N3O2S/c1-8-9(2)21-15(16-8)18-14(20)11-3-5-12-10(7-11)4-6-13(19)17-12/h3,5,7H,4,6H2,1-2H3,(H,17,19)(H,16,18,20). The lowest BCUT2D eigenvalue weighted by molar-refractivity contribution is -0.116. The van der Waals surface area contributed by atoms with Crippen molar-refractivity contribution < 1.29 is 9.59 Å². The number of fused-ring (bicyclic) bond motifs is 1. The SMILES string of the molecule is Cc1nc(NC(=O)c2ccc3c(c2)CCC(=O)N3)sc1C. The van der Waals surface area contributed by atoms with Crippen molar-refractivity contribution in [1.82, 2.24) is 4.98 Å². The molecule has 1 aromatic heterocycles.